The fourth-order valence-corrected chi connectivity index (χ4v) is 2.69. The second-order valence-electron chi connectivity index (χ2n) is 6.30. The predicted molar refractivity (Wildman–Crippen MR) is 102 cm³/mol. The van der Waals surface area contributed by atoms with Gasteiger partial charge in [-0.05, 0) is 43.7 Å². The number of carbonyl (C=O) groups is 1. The summed E-state index contributed by atoms with van der Waals surface area (Å²) in [6.45, 7) is 5.12. The number of furan rings is 1. The quantitative estimate of drug-likeness (QED) is 0.608. The Labute approximate surface area is 153 Å². The van der Waals surface area contributed by atoms with Crippen LogP contribution in [0, 0.1) is 6.92 Å². The molecule has 0 aliphatic heterocycles. The third-order valence-electron chi connectivity index (χ3n) is 4.12. The average Bonchev–Trinajstić information content (AvgIpc) is 3.08. The summed E-state index contributed by atoms with van der Waals surface area (Å²) in [5, 5.41) is 7.09. The second kappa shape index (κ2) is 8.54. The first kappa shape index (κ1) is 18.0. The summed E-state index contributed by atoms with van der Waals surface area (Å²) < 4.78 is 11.4. The number of rotatable bonds is 8. The maximum Gasteiger partial charge on any atom is 0.234 e. The summed E-state index contributed by atoms with van der Waals surface area (Å²) in [6, 6.07) is 17.7. The first-order chi connectivity index (χ1) is 12.6. The fourth-order valence-electron chi connectivity index (χ4n) is 2.69. The lowest BCUT2D eigenvalue weighted by Gasteiger charge is -2.12. The molecule has 3 rings (SSSR count). The number of nitrogens with one attached hydrogen (secondary N) is 2. The molecule has 2 N–H and O–H groups in total. The van der Waals surface area contributed by atoms with Crippen LogP contribution in [0.3, 0.4) is 0 Å². The smallest absolute Gasteiger partial charge is 0.234 e. The van der Waals surface area contributed by atoms with E-state index in [1.54, 1.807) is 0 Å². The molecule has 0 saturated heterocycles. The highest BCUT2D eigenvalue weighted by Crippen LogP contribution is 2.23. The van der Waals surface area contributed by atoms with E-state index in [1.165, 1.54) is 0 Å². The molecular weight excluding hydrogens is 328 g/mol. The Bertz CT molecular complexity index is 839. The van der Waals surface area contributed by atoms with E-state index in [-0.39, 0.29) is 18.5 Å². The van der Waals surface area contributed by atoms with E-state index in [4.69, 9.17) is 9.15 Å². The molecule has 0 fully saturated rings. The zero-order valence-corrected chi connectivity index (χ0v) is 15.1. The van der Waals surface area contributed by atoms with Gasteiger partial charge in [-0.1, -0.05) is 30.3 Å². The van der Waals surface area contributed by atoms with Crippen LogP contribution in [0.1, 0.15) is 24.3 Å². The molecule has 0 aliphatic carbocycles. The van der Waals surface area contributed by atoms with E-state index in [1.807, 2.05) is 68.4 Å². The van der Waals surface area contributed by atoms with Crippen LogP contribution in [0.2, 0.25) is 0 Å². The second-order valence-corrected chi connectivity index (χ2v) is 6.30. The standard InChI is InChI=1S/C21H24N2O3/c1-15-6-5-8-18(12-15)25-11-10-22-21(24)14-23-16(2)20-13-17-7-3-4-9-19(17)26-20/h3-9,12-13,16,23H,10-11,14H2,1-2H3,(H,22,24). The molecule has 1 aromatic heterocycles. The Hall–Kier alpha value is -2.79. The summed E-state index contributed by atoms with van der Waals surface area (Å²) in [5.74, 6) is 1.57. The number of hydrogen-bond acceptors (Lipinski definition) is 4. The van der Waals surface area contributed by atoms with Crippen LogP contribution in [0.25, 0.3) is 11.0 Å². The Morgan fingerprint density at radius 3 is 2.81 bits per heavy atom. The third-order valence-corrected chi connectivity index (χ3v) is 4.12. The van der Waals surface area contributed by atoms with Crippen LogP contribution >= 0.6 is 0 Å². The van der Waals surface area contributed by atoms with Gasteiger partial charge in [0.05, 0.1) is 19.1 Å². The van der Waals surface area contributed by atoms with Crippen LogP contribution in [0.5, 0.6) is 5.75 Å². The van der Waals surface area contributed by atoms with Crippen LogP contribution in [-0.4, -0.2) is 25.6 Å². The summed E-state index contributed by atoms with van der Waals surface area (Å²) in [5.41, 5.74) is 2.00. The maximum absolute atomic E-state index is 12.0. The van der Waals surface area contributed by atoms with E-state index in [9.17, 15) is 4.79 Å². The van der Waals surface area contributed by atoms with Gasteiger partial charge in [0.1, 0.15) is 23.7 Å². The van der Waals surface area contributed by atoms with Gasteiger partial charge in [0.25, 0.3) is 0 Å². The minimum atomic E-state index is -0.0687. The van der Waals surface area contributed by atoms with Crippen LogP contribution in [0.4, 0.5) is 0 Å². The Balaban J connectivity index is 1.38. The monoisotopic (exact) mass is 352 g/mol. The zero-order valence-electron chi connectivity index (χ0n) is 15.1. The molecule has 1 atom stereocenters. The van der Waals surface area contributed by atoms with Gasteiger partial charge in [0, 0.05) is 5.39 Å². The Kier molecular flexibility index (Phi) is 5.92. The van der Waals surface area contributed by atoms with Gasteiger partial charge in [0.15, 0.2) is 0 Å². The van der Waals surface area contributed by atoms with E-state index in [0.717, 1.165) is 28.0 Å². The molecule has 5 heteroatoms. The van der Waals surface area contributed by atoms with E-state index >= 15 is 0 Å². The van der Waals surface area contributed by atoms with Crippen molar-refractivity contribution in [3.8, 4) is 5.75 Å². The average molecular weight is 352 g/mol. The topological polar surface area (TPSA) is 63.5 Å². The lowest BCUT2D eigenvalue weighted by molar-refractivity contribution is -0.120. The van der Waals surface area contributed by atoms with Crippen molar-refractivity contribution >= 4 is 16.9 Å². The lowest BCUT2D eigenvalue weighted by atomic mass is 10.2. The number of carbonyl (C=O) groups excluding carboxylic acids is 1. The van der Waals surface area contributed by atoms with Crippen molar-refractivity contribution in [1.82, 2.24) is 10.6 Å². The van der Waals surface area contributed by atoms with Crippen molar-refractivity contribution < 1.29 is 13.9 Å². The maximum atomic E-state index is 12.0. The van der Waals surface area contributed by atoms with Crippen LogP contribution in [-0.2, 0) is 4.79 Å². The molecule has 0 bridgehead atoms. The van der Waals surface area contributed by atoms with Gasteiger partial charge in [-0.3, -0.25) is 10.1 Å². The van der Waals surface area contributed by atoms with Crippen LogP contribution < -0.4 is 15.4 Å². The van der Waals surface area contributed by atoms with E-state index in [0.29, 0.717) is 13.2 Å². The fraction of sp³-hybridized carbons (Fsp3) is 0.286. The highest BCUT2D eigenvalue weighted by atomic mass is 16.5. The number of fused-ring (bicyclic) bond motifs is 1. The van der Waals surface area contributed by atoms with Crippen molar-refractivity contribution in [2.45, 2.75) is 19.9 Å². The largest absolute Gasteiger partial charge is 0.492 e. The van der Waals surface area contributed by atoms with E-state index in [2.05, 4.69) is 10.6 Å². The molecule has 1 amide bonds. The van der Waals surface area contributed by atoms with Crippen molar-refractivity contribution in [1.29, 1.82) is 0 Å². The Morgan fingerprint density at radius 2 is 2.00 bits per heavy atom. The Morgan fingerprint density at radius 1 is 1.15 bits per heavy atom. The van der Waals surface area contributed by atoms with Crippen molar-refractivity contribution in [2.24, 2.45) is 0 Å². The lowest BCUT2D eigenvalue weighted by Crippen LogP contribution is -2.36. The van der Waals surface area contributed by atoms with Gasteiger partial charge < -0.3 is 14.5 Å². The summed E-state index contributed by atoms with van der Waals surface area (Å²) in [4.78, 5) is 12.0. The SMILES string of the molecule is Cc1cccc(OCCNC(=O)CNC(C)c2cc3ccccc3o2)c1. The molecule has 26 heavy (non-hydrogen) atoms. The molecule has 0 aliphatic rings. The van der Waals surface area contributed by atoms with Crippen LogP contribution in [0.15, 0.2) is 59.0 Å². The molecule has 3 aromatic rings. The first-order valence-electron chi connectivity index (χ1n) is 8.80. The van der Waals surface area contributed by atoms with Gasteiger partial charge in [-0.15, -0.1) is 0 Å². The van der Waals surface area contributed by atoms with Gasteiger partial charge >= 0.3 is 0 Å². The third kappa shape index (κ3) is 4.86. The molecule has 0 radical (unpaired) electrons. The number of benzene rings is 2. The molecule has 1 unspecified atom stereocenters. The van der Waals surface area contributed by atoms with Gasteiger partial charge in [-0.2, -0.15) is 0 Å². The predicted octanol–water partition coefficient (Wildman–Crippen LogP) is 3.59. The molecular formula is C21H24N2O3. The first-order valence-corrected chi connectivity index (χ1v) is 8.80. The molecule has 5 nitrogen and oxygen atoms in total. The molecule has 2 aromatic carbocycles. The highest BCUT2D eigenvalue weighted by molar-refractivity contribution is 5.78. The van der Waals surface area contributed by atoms with Crippen molar-refractivity contribution in [3.05, 3.63) is 65.9 Å². The van der Waals surface area contributed by atoms with Gasteiger partial charge in [-0.25, -0.2) is 0 Å². The van der Waals surface area contributed by atoms with Crippen molar-refractivity contribution in [2.75, 3.05) is 19.7 Å². The van der Waals surface area contributed by atoms with Crippen molar-refractivity contribution in [3.63, 3.8) is 0 Å². The molecule has 0 saturated carbocycles. The summed E-state index contributed by atoms with van der Waals surface area (Å²) in [6.07, 6.45) is 0. The van der Waals surface area contributed by atoms with E-state index < -0.39 is 0 Å². The normalized spacial score (nSPS) is 12.1. The number of ether oxygens (including phenoxy) is 1. The molecule has 136 valence electrons. The minimum absolute atomic E-state index is 0.0447. The number of hydrogen-bond donors (Lipinski definition) is 2. The zero-order chi connectivity index (χ0) is 18.4. The number of aryl methyl sites for hydroxylation is 1. The molecule has 1 heterocycles. The number of amides is 1. The minimum Gasteiger partial charge on any atom is -0.492 e. The van der Waals surface area contributed by atoms with Gasteiger partial charge in [0.2, 0.25) is 5.91 Å². The number of para-hydroxylation sites is 1. The summed E-state index contributed by atoms with van der Waals surface area (Å²) in [7, 11) is 0. The molecule has 0 spiro atoms. The summed E-state index contributed by atoms with van der Waals surface area (Å²) >= 11 is 0. The highest BCUT2D eigenvalue weighted by Gasteiger charge is 2.12.